The molecule has 8 heteroatoms. The molecule has 1 aliphatic carbocycles. The highest BCUT2D eigenvalue weighted by Gasteiger charge is 2.36. The largest absolute Gasteiger partial charge is 0.494 e. The zero-order valence-corrected chi connectivity index (χ0v) is 24.8. The van der Waals surface area contributed by atoms with E-state index in [0.29, 0.717) is 38.0 Å². The molecule has 226 valence electrons. The fourth-order valence-electron chi connectivity index (χ4n) is 6.03. The van der Waals surface area contributed by atoms with Crippen LogP contribution in [0.15, 0.2) is 72.9 Å². The summed E-state index contributed by atoms with van der Waals surface area (Å²) in [5, 5.41) is 5.83. The van der Waals surface area contributed by atoms with Gasteiger partial charge in [0.25, 0.3) is 0 Å². The molecule has 2 fully saturated rings. The Hall–Kier alpha value is -4.20. The second-order valence-electron chi connectivity index (χ2n) is 11.7. The van der Waals surface area contributed by atoms with Gasteiger partial charge < -0.3 is 20.3 Å². The molecule has 2 N–H and O–H groups in total. The Labute approximate surface area is 254 Å². The van der Waals surface area contributed by atoms with Crippen LogP contribution in [0.3, 0.4) is 0 Å². The molecule has 2 heterocycles. The van der Waals surface area contributed by atoms with E-state index in [9.17, 15) is 14.4 Å². The zero-order chi connectivity index (χ0) is 29.9. The number of benzene rings is 2. The molecule has 43 heavy (non-hydrogen) atoms. The van der Waals surface area contributed by atoms with Gasteiger partial charge in [0.2, 0.25) is 17.7 Å². The molecule has 8 nitrogen and oxygen atoms in total. The van der Waals surface area contributed by atoms with Gasteiger partial charge in [0.1, 0.15) is 5.75 Å². The summed E-state index contributed by atoms with van der Waals surface area (Å²) >= 11 is 0. The molecule has 1 saturated heterocycles. The van der Waals surface area contributed by atoms with Crippen LogP contribution >= 0.6 is 0 Å². The molecule has 2 atom stereocenters. The number of pyridine rings is 1. The molecule has 1 aromatic heterocycles. The van der Waals surface area contributed by atoms with Gasteiger partial charge in [0, 0.05) is 56.5 Å². The molecule has 3 amide bonds. The van der Waals surface area contributed by atoms with E-state index in [1.807, 2.05) is 71.6 Å². The summed E-state index contributed by atoms with van der Waals surface area (Å²) < 4.78 is 5.84. The number of nitrogens with one attached hydrogen (secondary N) is 2. The highest BCUT2D eigenvalue weighted by Crippen LogP contribution is 2.36. The van der Waals surface area contributed by atoms with Crippen LogP contribution in [0.2, 0.25) is 0 Å². The molecule has 0 radical (unpaired) electrons. The Morgan fingerprint density at radius 3 is 2.23 bits per heavy atom. The minimum absolute atomic E-state index is 0.0603. The quantitative estimate of drug-likeness (QED) is 0.279. The Kier molecular flexibility index (Phi) is 10.8. The number of carbonyl (C=O) groups excluding carboxylic acids is 3. The number of aromatic nitrogens is 1. The van der Waals surface area contributed by atoms with Crippen molar-refractivity contribution in [1.82, 2.24) is 20.5 Å². The van der Waals surface area contributed by atoms with Gasteiger partial charge in [-0.3, -0.25) is 19.4 Å². The lowest BCUT2D eigenvalue weighted by Gasteiger charge is -2.22. The van der Waals surface area contributed by atoms with Crippen molar-refractivity contribution in [2.75, 3.05) is 26.2 Å². The molecular weight excluding hydrogens is 540 g/mol. The predicted molar refractivity (Wildman–Crippen MR) is 166 cm³/mol. The van der Waals surface area contributed by atoms with Gasteiger partial charge in [-0.05, 0) is 60.4 Å². The molecule has 2 aromatic carbocycles. The maximum absolute atomic E-state index is 12.6. The monoisotopic (exact) mass is 582 g/mol. The smallest absolute Gasteiger partial charge is 0.226 e. The van der Waals surface area contributed by atoms with Crippen molar-refractivity contribution in [3.05, 3.63) is 84.2 Å². The minimum atomic E-state index is -0.0817. The number of amides is 3. The van der Waals surface area contributed by atoms with Crippen LogP contribution in [0.5, 0.6) is 5.75 Å². The standard InChI is InChI=1S/C35H42N4O4/c40-33(17-18-35(42)39-24-29-9-4-5-10-30(29)25-39)36-19-6-20-43-32-15-12-27(13-16-32)28-11-14-31(37-23-28)21-34(41)38-22-26-7-2-1-3-8-26/h1-3,7-8,11-16,23,29-30H,4-6,9-10,17-22,24-25H2,(H,36,40)(H,38,41). The second kappa shape index (κ2) is 15.3. The predicted octanol–water partition coefficient (Wildman–Crippen LogP) is 4.92. The first-order valence-corrected chi connectivity index (χ1v) is 15.6. The van der Waals surface area contributed by atoms with E-state index >= 15 is 0 Å². The van der Waals surface area contributed by atoms with Crippen molar-refractivity contribution in [3.8, 4) is 16.9 Å². The van der Waals surface area contributed by atoms with Crippen LogP contribution in [-0.2, 0) is 27.3 Å². The molecule has 1 saturated carbocycles. The number of likely N-dealkylation sites (tertiary alicyclic amines) is 1. The summed E-state index contributed by atoms with van der Waals surface area (Å²) in [5.74, 6) is 2.07. The Balaban J connectivity index is 0.948. The Morgan fingerprint density at radius 2 is 1.53 bits per heavy atom. The minimum Gasteiger partial charge on any atom is -0.494 e. The fourth-order valence-corrected chi connectivity index (χ4v) is 6.03. The van der Waals surface area contributed by atoms with E-state index < -0.39 is 0 Å². The maximum Gasteiger partial charge on any atom is 0.226 e. The molecule has 2 aliphatic rings. The van der Waals surface area contributed by atoms with Crippen molar-refractivity contribution >= 4 is 17.7 Å². The van der Waals surface area contributed by atoms with Crippen LogP contribution in [-0.4, -0.2) is 53.8 Å². The first kappa shape index (κ1) is 30.3. The number of nitrogens with zero attached hydrogens (tertiary/aromatic N) is 2. The van der Waals surface area contributed by atoms with Crippen molar-refractivity contribution in [1.29, 1.82) is 0 Å². The van der Waals surface area contributed by atoms with Crippen LogP contribution in [0.25, 0.3) is 11.1 Å². The van der Waals surface area contributed by atoms with Gasteiger partial charge in [0.05, 0.1) is 13.0 Å². The molecule has 2 unspecified atom stereocenters. The lowest BCUT2D eigenvalue weighted by atomic mass is 9.82. The van der Waals surface area contributed by atoms with Crippen LogP contribution in [0, 0.1) is 11.8 Å². The van der Waals surface area contributed by atoms with Gasteiger partial charge in [-0.15, -0.1) is 0 Å². The van der Waals surface area contributed by atoms with Crippen molar-refractivity contribution in [2.45, 2.75) is 57.9 Å². The van der Waals surface area contributed by atoms with Crippen LogP contribution in [0.1, 0.15) is 56.2 Å². The number of carbonyl (C=O) groups is 3. The first-order valence-electron chi connectivity index (χ1n) is 15.6. The topological polar surface area (TPSA) is 101 Å². The van der Waals surface area contributed by atoms with Crippen LogP contribution in [0.4, 0.5) is 0 Å². The van der Waals surface area contributed by atoms with Gasteiger partial charge in [-0.25, -0.2) is 0 Å². The normalized spacial score (nSPS) is 17.6. The molecule has 3 aromatic rings. The summed E-state index contributed by atoms with van der Waals surface area (Å²) in [7, 11) is 0. The Morgan fingerprint density at radius 1 is 0.814 bits per heavy atom. The van der Waals surface area contributed by atoms with E-state index in [4.69, 9.17) is 4.74 Å². The lowest BCUT2D eigenvalue weighted by molar-refractivity contribution is -0.133. The van der Waals surface area contributed by atoms with Gasteiger partial charge >= 0.3 is 0 Å². The van der Waals surface area contributed by atoms with E-state index in [1.54, 1.807) is 6.20 Å². The number of fused-ring (bicyclic) bond motifs is 1. The first-order chi connectivity index (χ1) is 21.0. The highest BCUT2D eigenvalue weighted by molar-refractivity contribution is 5.84. The summed E-state index contributed by atoms with van der Waals surface area (Å²) in [4.78, 5) is 43.5. The SMILES string of the molecule is O=C(CCC(=O)N1CC2CCCCC2C1)NCCCOc1ccc(-c2ccc(CC(=O)NCc3ccccc3)nc2)cc1. The number of hydrogen-bond donors (Lipinski definition) is 2. The number of hydrogen-bond acceptors (Lipinski definition) is 5. The van der Waals surface area contributed by atoms with Gasteiger partial charge in [-0.1, -0.05) is 61.4 Å². The molecule has 1 aliphatic heterocycles. The van der Waals surface area contributed by atoms with E-state index in [1.165, 1.54) is 25.7 Å². The molecule has 5 rings (SSSR count). The third kappa shape index (κ3) is 9.14. The number of rotatable bonds is 13. The number of ether oxygens (including phenoxy) is 1. The van der Waals surface area contributed by atoms with Crippen LogP contribution < -0.4 is 15.4 Å². The summed E-state index contributed by atoms with van der Waals surface area (Å²) in [5.41, 5.74) is 3.75. The summed E-state index contributed by atoms with van der Waals surface area (Å²) in [6, 6.07) is 21.5. The van der Waals surface area contributed by atoms with Crippen molar-refractivity contribution < 1.29 is 19.1 Å². The summed E-state index contributed by atoms with van der Waals surface area (Å²) in [6.45, 7) is 3.26. The van der Waals surface area contributed by atoms with E-state index in [2.05, 4.69) is 15.6 Å². The zero-order valence-electron chi connectivity index (χ0n) is 24.8. The average Bonchev–Trinajstić information content (AvgIpc) is 3.48. The summed E-state index contributed by atoms with van der Waals surface area (Å²) in [6.07, 6.45) is 8.28. The van der Waals surface area contributed by atoms with Gasteiger partial charge in [0.15, 0.2) is 0 Å². The van der Waals surface area contributed by atoms with E-state index in [0.717, 1.165) is 41.2 Å². The Bertz CT molecular complexity index is 1330. The van der Waals surface area contributed by atoms with E-state index in [-0.39, 0.29) is 37.0 Å². The fraction of sp³-hybridized carbons (Fsp3) is 0.429. The lowest BCUT2D eigenvalue weighted by Crippen LogP contribution is -2.31. The maximum atomic E-state index is 12.6. The van der Waals surface area contributed by atoms with Crippen molar-refractivity contribution in [2.24, 2.45) is 11.8 Å². The third-order valence-electron chi connectivity index (χ3n) is 8.49. The molecule has 0 spiro atoms. The van der Waals surface area contributed by atoms with Gasteiger partial charge in [-0.2, -0.15) is 0 Å². The third-order valence-corrected chi connectivity index (χ3v) is 8.49. The molecule has 0 bridgehead atoms. The highest BCUT2D eigenvalue weighted by atomic mass is 16.5. The molecular formula is C35H42N4O4. The van der Waals surface area contributed by atoms with Crippen molar-refractivity contribution in [3.63, 3.8) is 0 Å². The average molecular weight is 583 g/mol. The second-order valence-corrected chi connectivity index (χ2v) is 11.7.